The Labute approximate surface area is 238 Å². The van der Waals surface area contributed by atoms with Gasteiger partial charge in [0.05, 0.1) is 7.11 Å². The lowest BCUT2D eigenvalue weighted by Crippen LogP contribution is -2.33. The SMILES string of the molecule is COCCCN1C(=O)C(Nc2ccc(C(C)C)cc2)=C(Sc2cccc(NC(=O)c3ccc(OC)cc3)c2)C1=O. The summed E-state index contributed by atoms with van der Waals surface area (Å²) in [6.45, 7) is 4.93. The predicted molar refractivity (Wildman–Crippen MR) is 158 cm³/mol. The third kappa shape index (κ3) is 6.91. The molecule has 0 aliphatic carbocycles. The van der Waals surface area contributed by atoms with Crippen molar-refractivity contribution in [1.82, 2.24) is 4.90 Å². The maximum absolute atomic E-state index is 13.4. The van der Waals surface area contributed by atoms with Gasteiger partial charge in [0, 0.05) is 42.1 Å². The van der Waals surface area contributed by atoms with Crippen LogP contribution in [0.15, 0.2) is 88.3 Å². The highest BCUT2D eigenvalue weighted by Gasteiger charge is 2.38. The highest BCUT2D eigenvalue weighted by atomic mass is 32.2. The molecule has 0 atom stereocenters. The van der Waals surface area contributed by atoms with Crippen molar-refractivity contribution in [2.24, 2.45) is 0 Å². The van der Waals surface area contributed by atoms with Crippen molar-refractivity contribution in [3.63, 3.8) is 0 Å². The Morgan fingerprint density at radius 1 is 0.925 bits per heavy atom. The van der Waals surface area contributed by atoms with Crippen LogP contribution in [0.25, 0.3) is 0 Å². The normalized spacial score (nSPS) is 13.3. The van der Waals surface area contributed by atoms with Gasteiger partial charge in [-0.3, -0.25) is 19.3 Å². The minimum atomic E-state index is -0.375. The largest absolute Gasteiger partial charge is 0.497 e. The number of anilines is 2. The molecular formula is C31H33N3O5S. The van der Waals surface area contributed by atoms with E-state index < -0.39 is 0 Å². The number of benzene rings is 3. The Bertz CT molecular complexity index is 1400. The second-order valence-electron chi connectivity index (χ2n) is 9.53. The van der Waals surface area contributed by atoms with Crippen molar-refractivity contribution in [3.05, 3.63) is 94.5 Å². The number of carbonyl (C=O) groups is 3. The highest BCUT2D eigenvalue weighted by Crippen LogP contribution is 2.37. The molecule has 2 N–H and O–H groups in total. The summed E-state index contributed by atoms with van der Waals surface area (Å²) in [4.78, 5) is 41.8. The molecule has 40 heavy (non-hydrogen) atoms. The average Bonchev–Trinajstić information content (AvgIpc) is 3.17. The summed E-state index contributed by atoms with van der Waals surface area (Å²) in [5.74, 6) is 0.0339. The molecule has 0 saturated heterocycles. The van der Waals surface area contributed by atoms with Gasteiger partial charge in [-0.1, -0.05) is 43.8 Å². The molecule has 0 radical (unpaired) electrons. The summed E-state index contributed by atoms with van der Waals surface area (Å²) in [5, 5.41) is 6.08. The van der Waals surface area contributed by atoms with E-state index in [0.717, 1.165) is 5.69 Å². The maximum Gasteiger partial charge on any atom is 0.278 e. The van der Waals surface area contributed by atoms with E-state index in [-0.39, 0.29) is 30.0 Å². The first-order valence-electron chi connectivity index (χ1n) is 13.0. The van der Waals surface area contributed by atoms with E-state index in [1.165, 1.54) is 22.2 Å². The Balaban J connectivity index is 1.57. The number of ether oxygens (including phenoxy) is 2. The van der Waals surface area contributed by atoms with Crippen molar-refractivity contribution in [3.8, 4) is 5.75 Å². The van der Waals surface area contributed by atoms with Crippen LogP contribution in [0.4, 0.5) is 11.4 Å². The number of hydrogen-bond acceptors (Lipinski definition) is 7. The minimum Gasteiger partial charge on any atom is -0.497 e. The molecule has 0 bridgehead atoms. The number of methoxy groups -OCH3 is 2. The molecule has 3 aromatic carbocycles. The fraction of sp³-hybridized carbons (Fsp3) is 0.258. The highest BCUT2D eigenvalue weighted by molar-refractivity contribution is 8.04. The zero-order chi connectivity index (χ0) is 28.6. The van der Waals surface area contributed by atoms with E-state index in [4.69, 9.17) is 9.47 Å². The van der Waals surface area contributed by atoms with Crippen molar-refractivity contribution < 1.29 is 23.9 Å². The Morgan fingerprint density at radius 2 is 1.65 bits per heavy atom. The maximum atomic E-state index is 13.4. The Morgan fingerprint density at radius 3 is 2.30 bits per heavy atom. The van der Waals surface area contributed by atoms with E-state index in [0.29, 0.717) is 45.7 Å². The Kier molecular flexibility index (Phi) is 9.63. The van der Waals surface area contributed by atoms with Crippen LogP contribution in [0.2, 0.25) is 0 Å². The first kappa shape index (κ1) is 28.9. The zero-order valence-electron chi connectivity index (χ0n) is 23.0. The third-order valence-corrected chi connectivity index (χ3v) is 7.44. The summed E-state index contributed by atoms with van der Waals surface area (Å²) in [7, 11) is 3.15. The number of hydrogen-bond donors (Lipinski definition) is 2. The molecule has 9 heteroatoms. The topological polar surface area (TPSA) is 97.0 Å². The second-order valence-corrected chi connectivity index (χ2v) is 10.6. The van der Waals surface area contributed by atoms with Gasteiger partial charge in [-0.05, 0) is 72.5 Å². The number of amides is 3. The summed E-state index contributed by atoms with van der Waals surface area (Å²) >= 11 is 1.19. The van der Waals surface area contributed by atoms with Crippen LogP contribution in [0, 0.1) is 0 Å². The van der Waals surface area contributed by atoms with Crippen molar-refractivity contribution >= 4 is 40.9 Å². The number of nitrogens with one attached hydrogen (secondary N) is 2. The lowest BCUT2D eigenvalue weighted by Gasteiger charge is -2.15. The van der Waals surface area contributed by atoms with Gasteiger partial charge in [0.15, 0.2) is 0 Å². The van der Waals surface area contributed by atoms with Gasteiger partial charge in [0.1, 0.15) is 16.4 Å². The van der Waals surface area contributed by atoms with Gasteiger partial charge < -0.3 is 20.1 Å². The number of imide groups is 1. The number of carbonyl (C=O) groups excluding carboxylic acids is 3. The molecule has 3 amide bonds. The minimum absolute atomic E-state index is 0.234. The third-order valence-electron chi connectivity index (χ3n) is 6.37. The Hall–Kier alpha value is -4.08. The first-order valence-corrected chi connectivity index (χ1v) is 13.8. The molecule has 8 nitrogen and oxygen atoms in total. The van der Waals surface area contributed by atoms with E-state index in [1.807, 2.05) is 30.3 Å². The van der Waals surface area contributed by atoms with Gasteiger partial charge in [-0.15, -0.1) is 0 Å². The quantitative estimate of drug-likeness (QED) is 0.211. The van der Waals surface area contributed by atoms with E-state index in [9.17, 15) is 14.4 Å². The van der Waals surface area contributed by atoms with Gasteiger partial charge in [-0.2, -0.15) is 0 Å². The van der Waals surface area contributed by atoms with Crippen LogP contribution < -0.4 is 15.4 Å². The van der Waals surface area contributed by atoms with Gasteiger partial charge in [0.2, 0.25) is 0 Å². The number of rotatable bonds is 12. The number of nitrogens with zero attached hydrogens (tertiary/aromatic N) is 1. The molecular weight excluding hydrogens is 526 g/mol. The molecule has 4 rings (SSSR count). The van der Waals surface area contributed by atoms with Crippen LogP contribution in [-0.2, 0) is 14.3 Å². The predicted octanol–water partition coefficient (Wildman–Crippen LogP) is 5.89. The molecule has 208 valence electrons. The van der Waals surface area contributed by atoms with Crippen LogP contribution in [0.3, 0.4) is 0 Å². The molecule has 1 heterocycles. The second kappa shape index (κ2) is 13.3. The summed E-state index contributed by atoms with van der Waals surface area (Å²) < 4.78 is 10.3. The summed E-state index contributed by atoms with van der Waals surface area (Å²) in [5.41, 5.74) is 3.19. The lowest BCUT2D eigenvalue weighted by molar-refractivity contribution is -0.137. The first-order chi connectivity index (χ1) is 19.3. The van der Waals surface area contributed by atoms with Gasteiger partial charge >= 0.3 is 0 Å². The van der Waals surface area contributed by atoms with Gasteiger partial charge in [0.25, 0.3) is 17.7 Å². The molecule has 1 aliphatic heterocycles. The molecule has 0 fully saturated rings. The van der Waals surface area contributed by atoms with Crippen molar-refractivity contribution in [2.45, 2.75) is 31.1 Å². The van der Waals surface area contributed by atoms with Crippen LogP contribution >= 0.6 is 11.8 Å². The summed E-state index contributed by atoms with van der Waals surface area (Å²) in [6, 6.07) is 21.8. The molecule has 0 unspecified atom stereocenters. The van der Waals surface area contributed by atoms with E-state index >= 15 is 0 Å². The molecule has 0 saturated carbocycles. The van der Waals surface area contributed by atoms with Crippen LogP contribution in [0.1, 0.15) is 42.1 Å². The molecule has 1 aliphatic rings. The smallest absolute Gasteiger partial charge is 0.278 e. The zero-order valence-corrected chi connectivity index (χ0v) is 23.8. The number of thioether (sulfide) groups is 1. The van der Waals surface area contributed by atoms with Crippen LogP contribution in [-0.4, -0.2) is 50.0 Å². The fourth-order valence-electron chi connectivity index (χ4n) is 4.13. The molecule has 0 aromatic heterocycles. The van der Waals surface area contributed by atoms with E-state index in [2.05, 4.69) is 24.5 Å². The molecule has 0 spiro atoms. The fourth-order valence-corrected chi connectivity index (χ4v) is 5.13. The lowest BCUT2D eigenvalue weighted by atomic mass is 10.0. The standard InChI is InChI=1S/C31H33N3O5S/c1-20(2)21-9-13-23(14-10-21)32-27-28(31(37)34(30(27)36)17-6-18-38-3)40-26-8-5-7-24(19-26)33-29(35)22-11-15-25(39-4)16-12-22/h5,7-16,19-20,32H,6,17-18H2,1-4H3,(H,33,35). The van der Waals surface area contributed by atoms with E-state index in [1.54, 1.807) is 56.7 Å². The van der Waals surface area contributed by atoms with Crippen LogP contribution in [0.5, 0.6) is 5.75 Å². The average molecular weight is 560 g/mol. The van der Waals surface area contributed by atoms with Crippen molar-refractivity contribution in [2.75, 3.05) is 38.0 Å². The monoisotopic (exact) mass is 559 g/mol. The van der Waals surface area contributed by atoms with Gasteiger partial charge in [-0.25, -0.2) is 0 Å². The van der Waals surface area contributed by atoms with Crippen molar-refractivity contribution in [1.29, 1.82) is 0 Å². The molecule has 3 aromatic rings. The summed E-state index contributed by atoms with van der Waals surface area (Å²) in [6.07, 6.45) is 0.537.